The van der Waals surface area contributed by atoms with Gasteiger partial charge in [0.15, 0.2) is 0 Å². The first-order valence-electron chi connectivity index (χ1n) is 8.89. The molecule has 5 heteroatoms. The second kappa shape index (κ2) is 6.76. The zero-order chi connectivity index (χ0) is 17.2. The molecule has 1 fully saturated rings. The van der Waals surface area contributed by atoms with Crippen molar-refractivity contribution in [3.05, 3.63) is 42.1 Å². The van der Waals surface area contributed by atoms with E-state index in [0.29, 0.717) is 11.9 Å². The fourth-order valence-electron chi connectivity index (χ4n) is 3.75. The Hall–Kier alpha value is -2.53. The van der Waals surface area contributed by atoms with Gasteiger partial charge in [-0.3, -0.25) is 0 Å². The van der Waals surface area contributed by atoms with Gasteiger partial charge >= 0.3 is 0 Å². The van der Waals surface area contributed by atoms with Gasteiger partial charge in [0.25, 0.3) is 0 Å². The Morgan fingerprint density at radius 2 is 2.04 bits per heavy atom. The van der Waals surface area contributed by atoms with E-state index in [4.69, 9.17) is 10.5 Å². The number of anilines is 1. The lowest BCUT2D eigenvalue weighted by molar-refractivity contribution is 0.416. The second-order valence-electron chi connectivity index (χ2n) is 6.73. The SMILES string of the molecule is COc1ccc(CNC2CCCC2)cc1-c1cc(N)nc2[nH]ccc12. The number of hydrogen-bond donors (Lipinski definition) is 3. The third kappa shape index (κ3) is 3.20. The highest BCUT2D eigenvalue weighted by molar-refractivity contribution is 5.96. The van der Waals surface area contributed by atoms with E-state index in [-0.39, 0.29) is 0 Å². The number of aromatic amines is 1. The van der Waals surface area contributed by atoms with Crippen LogP contribution in [0.5, 0.6) is 5.75 Å². The van der Waals surface area contributed by atoms with Crippen molar-refractivity contribution in [2.75, 3.05) is 12.8 Å². The number of nitrogen functional groups attached to an aromatic ring is 1. The lowest BCUT2D eigenvalue weighted by Gasteiger charge is -2.15. The monoisotopic (exact) mass is 336 g/mol. The molecular formula is C20H24N4O. The lowest BCUT2D eigenvalue weighted by Crippen LogP contribution is -2.25. The average Bonchev–Trinajstić information content (AvgIpc) is 3.30. The molecule has 0 amide bonds. The number of nitrogens with one attached hydrogen (secondary N) is 2. The van der Waals surface area contributed by atoms with Crippen LogP contribution in [0.3, 0.4) is 0 Å². The average molecular weight is 336 g/mol. The highest BCUT2D eigenvalue weighted by atomic mass is 16.5. The summed E-state index contributed by atoms with van der Waals surface area (Å²) in [6.07, 6.45) is 7.14. The van der Waals surface area contributed by atoms with Crippen LogP contribution < -0.4 is 15.8 Å². The van der Waals surface area contributed by atoms with Crippen LogP contribution in [0.2, 0.25) is 0 Å². The summed E-state index contributed by atoms with van der Waals surface area (Å²) in [4.78, 5) is 7.50. The minimum Gasteiger partial charge on any atom is -0.496 e. The molecule has 5 nitrogen and oxygen atoms in total. The van der Waals surface area contributed by atoms with Gasteiger partial charge in [-0.15, -0.1) is 0 Å². The predicted molar refractivity (Wildman–Crippen MR) is 102 cm³/mol. The predicted octanol–water partition coefficient (Wildman–Crippen LogP) is 3.85. The van der Waals surface area contributed by atoms with Gasteiger partial charge in [-0.05, 0) is 42.7 Å². The molecule has 2 aromatic heterocycles. The Balaban J connectivity index is 1.71. The van der Waals surface area contributed by atoms with Gasteiger partial charge in [-0.1, -0.05) is 18.9 Å². The summed E-state index contributed by atoms with van der Waals surface area (Å²) >= 11 is 0. The normalized spacial score (nSPS) is 15.1. The lowest BCUT2D eigenvalue weighted by atomic mass is 9.99. The largest absolute Gasteiger partial charge is 0.496 e. The molecule has 1 aliphatic carbocycles. The van der Waals surface area contributed by atoms with Gasteiger partial charge in [-0.25, -0.2) is 4.98 Å². The number of nitrogens with two attached hydrogens (primary N) is 1. The molecule has 3 aromatic rings. The first-order valence-corrected chi connectivity index (χ1v) is 8.89. The van der Waals surface area contributed by atoms with Crippen molar-refractivity contribution in [2.24, 2.45) is 0 Å². The van der Waals surface area contributed by atoms with E-state index in [9.17, 15) is 0 Å². The van der Waals surface area contributed by atoms with Crippen LogP contribution in [-0.4, -0.2) is 23.1 Å². The van der Waals surface area contributed by atoms with Crippen molar-refractivity contribution in [3.63, 3.8) is 0 Å². The van der Waals surface area contributed by atoms with Crippen LogP contribution in [0, 0.1) is 0 Å². The van der Waals surface area contributed by atoms with Gasteiger partial charge in [0.2, 0.25) is 0 Å². The Labute approximate surface area is 147 Å². The molecule has 130 valence electrons. The molecule has 0 radical (unpaired) electrons. The Morgan fingerprint density at radius 3 is 2.84 bits per heavy atom. The smallest absolute Gasteiger partial charge is 0.140 e. The molecule has 1 aliphatic rings. The van der Waals surface area contributed by atoms with Crippen LogP contribution >= 0.6 is 0 Å². The quantitative estimate of drug-likeness (QED) is 0.661. The summed E-state index contributed by atoms with van der Waals surface area (Å²) in [5.74, 6) is 1.35. The molecule has 0 bridgehead atoms. The Kier molecular flexibility index (Phi) is 4.32. The Bertz CT molecular complexity index is 881. The van der Waals surface area contributed by atoms with Crippen LogP contribution in [-0.2, 0) is 6.54 Å². The molecule has 4 N–H and O–H groups in total. The van der Waals surface area contributed by atoms with Gasteiger partial charge in [-0.2, -0.15) is 0 Å². The number of benzene rings is 1. The summed E-state index contributed by atoms with van der Waals surface area (Å²) in [5.41, 5.74) is 10.2. The summed E-state index contributed by atoms with van der Waals surface area (Å²) in [7, 11) is 1.70. The van der Waals surface area contributed by atoms with E-state index in [2.05, 4.69) is 27.4 Å². The molecule has 2 heterocycles. The van der Waals surface area contributed by atoms with Crippen LogP contribution in [0.15, 0.2) is 36.5 Å². The van der Waals surface area contributed by atoms with Crippen molar-refractivity contribution < 1.29 is 4.74 Å². The van der Waals surface area contributed by atoms with E-state index < -0.39 is 0 Å². The molecule has 0 aliphatic heterocycles. The molecule has 1 aromatic carbocycles. The molecule has 0 spiro atoms. The molecule has 1 saturated carbocycles. The van der Waals surface area contributed by atoms with Crippen LogP contribution in [0.1, 0.15) is 31.2 Å². The van der Waals surface area contributed by atoms with Crippen molar-refractivity contribution in [2.45, 2.75) is 38.3 Å². The number of aromatic nitrogens is 2. The fourth-order valence-corrected chi connectivity index (χ4v) is 3.75. The topological polar surface area (TPSA) is 76.0 Å². The summed E-state index contributed by atoms with van der Waals surface area (Å²) in [5, 5.41) is 4.72. The van der Waals surface area contributed by atoms with Crippen molar-refractivity contribution in [3.8, 4) is 16.9 Å². The molecule has 0 saturated heterocycles. The van der Waals surface area contributed by atoms with E-state index >= 15 is 0 Å². The molecule has 0 unspecified atom stereocenters. The number of pyridine rings is 1. The van der Waals surface area contributed by atoms with Gasteiger partial charge in [0.1, 0.15) is 17.2 Å². The maximum Gasteiger partial charge on any atom is 0.140 e. The van der Waals surface area contributed by atoms with E-state index in [1.54, 1.807) is 7.11 Å². The van der Waals surface area contributed by atoms with Crippen molar-refractivity contribution in [1.29, 1.82) is 0 Å². The molecule has 0 atom stereocenters. The molecular weight excluding hydrogens is 312 g/mol. The number of nitrogens with zero attached hydrogens (tertiary/aromatic N) is 1. The number of rotatable bonds is 5. The number of hydrogen-bond acceptors (Lipinski definition) is 4. The minimum absolute atomic E-state index is 0.501. The maximum absolute atomic E-state index is 6.01. The minimum atomic E-state index is 0.501. The molecule has 4 rings (SSSR count). The second-order valence-corrected chi connectivity index (χ2v) is 6.73. The van der Waals surface area contributed by atoms with Gasteiger partial charge < -0.3 is 20.8 Å². The Morgan fingerprint density at radius 1 is 1.20 bits per heavy atom. The number of H-pyrrole nitrogens is 1. The number of ether oxygens (including phenoxy) is 1. The molecule has 25 heavy (non-hydrogen) atoms. The first-order chi connectivity index (χ1) is 12.2. The highest BCUT2D eigenvalue weighted by Gasteiger charge is 2.16. The maximum atomic E-state index is 6.01. The summed E-state index contributed by atoms with van der Waals surface area (Å²) in [6.45, 7) is 0.874. The zero-order valence-corrected chi connectivity index (χ0v) is 14.5. The van der Waals surface area contributed by atoms with Gasteiger partial charge in [0, 0.05) is 35.3 Å². The zero-order valence-electron chi connectivity index (χ0n) is 14.5. The van der Waals surface area contributed by atoms with E-state index in [1.165, 1.54) is 31.2 Å². The van der Waals surface area contributed by atoms with Crippen LogP contribution in [0.25, 0.3) is 22.2 Å². The third-order valence-electron chi connectivity index (χ3n) is 5.05. The first kappa shape index (κ1) is 16.0. The highest BCUT2D eigenvalue weighted by Crippen LogP contribution is 2.36. The van der Waals surface area contributed by atoms with Gasteiger partial charge in [0.05, 0.1) is 7.11 Å². The number of fused-ring (bicyclic) bond motifs is 1. The standard InChI is InChI=1S/C20H24N4O/c1-25-18-7-6-13(12-23-14-4-2-3-5-14)10-17(18)16-11-19(21)24-20-15(16)8-9-22-20/h6-11,14,23H,2-5,12H2,1H3,(H3,21,22,24). The van der Waals surface area contributed by atoms with E-state index in [1.807, 2.05) is 24.4 Å². The number of methoxy groups -OCH3 is 1. The fraction of sp³-hybridized carbons (Fsp3) is 0.350. The van der Waals surface area contributed by atoms with Crippen molar-refractivity contribution in [1.82, 2.24) is 15.3 Å². The summed E-state index contributed by atoms with van der Waals surface area (Å²) in [6, 6.07) is 11.0. The summed E-state index contributed by atoms with van der Waals surface area (Å²) < 4.78 is 5.61. The van der Waals surface area contributed by atoms with Crippen molar-refractivity contribution >= 4 is 16.9 Å². The van der Waals surface area contributed by atoms with Crippen LogP contribution in [0.4, 0.5) is 5.82 Å². The third-order valence-corrected chi connectivity index (χ3v) is 5.05. The van der Waals surface area contributed by atoms with E-state index in [0.717, 1.165) is 34.5 Å².